The average molecular weight is 188 g/mol. The second kappa shape index (κ2) is 3.29. The van der Waals surface area contributed by atoms with Crippen LogP contribution in [0, 0.1) is 6.92 Å². The van der Waals surface area contributed by atoms with Gasteiger partial charge in [-0.2, -0.15) is 0 Å². The summed E-state index contributed by atoms with van der Waals surface area (Å²) in [5.41, 5.74) is 4.34. The summed E-state index contributed by atoms with van der Waals surface area (Å²) in [6.45, 7) is 2.05. The molecule has 0 saturated heterocycles. The van der Waals surface area contributed by atoms with E-state index in [4.69, 9.17) is 4.74 Å². The first kappa shape index (κ1) is 9.00. The van der Waals surface area contributed by atoms with Crippen molar-refractivity contribution in [3.05, 3.63) is 40.5 Å². The Morgan fingerprint density at radius 1 is 1.43 bits per heavy atom. The zero-order valence-electron chi connectivity index (χ0n) is 8.33. The Morgan fingerprint density at radius 3 is 2.86 bits per heavy atom. The SMILES string of the molecule is COC(=O)C1=Cc2c(C)cccc2C1. The molecule has 0 saturated carbocycles. The van der Waals surface area contributed by atoms with Crippen LogP contribution in [0.1, 0.15) is 16.7 Å². The molecule has 1 aliphatic carbocycles. The molecular formula is C12H12O2. The van der Waals surface area contributed by atoms with Gasteiger partial charge in [0.2, 0.25) is 0 Å². The fourth-order valence-corrected chi connectivity index (χ4v) is 1.79. The van der Waals surface area contributed by atoms with Crippen LogP contribution in [0.3, 0.4) is 0 Å². The summed E-state index contributed by atoms with van der Waals surface area (Å²) < 4.78 is 4.70. The molecule has 72 valence electrons. The molecule has 0 amide bonds. The Hall–Kier alpha value is -1.57. The Bertz CT molecular complexity index is 416. The molecule has 1 aliphatic rings. The van der Waals surface area contributed by atoms with E-state index in [0.717, 1.165) is 5.57 Å². The maximum Gasteiger partial charge on any atom is 0.334 e. The average Bonchev–Trinajstić information content (AvgIpc) is 2.62. The van der Waals surface area contributed by atoms with Gasteiger partial charge >= 0.3 is 5.97 Å². The van der Waals surface area contributed by atoms with E-state index in [1.807, 2.05) is 12.1 Å². The van der Waals surface area contributed by atoms with Crippen LogP contribution in [0.5, 0.6) is 0 Å². The molecule has 0 heterocycles. The van der Waals surface area contributed by atoms with Gasteiger partial charge in [-0.3, -0.25) is 0 Å². The summed E-state index contributed by atoms with van der Waals surface area (Å²) >= 11 is 0. The van der Waals surface area contributed by atoms with Gasteiger partial charge in [-0.05, 0) is 29.7 Å². The Morgan fingerprint density at radius 2 is 2.21 bits per heavy atom. The Labute approximate surface area is 83.2 Å². The second-order valence-corrected chi connectivity index (χ2v) is 3.49. The largest absolute Gasteiger partial charge is 0.466 e. The molecule has 0 N–H and O–H groups in total. The highest BCUT2D eigenvalue weighted by Gasteiger charge is 2.19. The van der Waals surface area contributed by atoms with Crippen molar-refractivity contribution in [3.63, 3.8) is 0 Å². The minimum Gasteiger partial charge on any atom is -0.466 e. The molecule has 2 nitrogen and oxygen atoms in total. The number of benzene rings is 1. The lowest BCUT2D eigenvalue weighted by Crippen LogP contribution is -2.03. The zero-order valence-corrected chi connectivity index (χ0v) is 8.33. The fraction of sp³-hybridized carbons (Fsp3) is 0.250. The third-order valence-corrected chi connectivity index (χ3v) is 2.56. The molecule has 0 spiro atoms. The minimum atomic E-state index is -0.222. The molecule has 0 fully saturated rings. The molecule has 1 aromatic carbocycles. The van der Waals surface area contributed by atoms with E-state index in [-0.39, 0.29) is 5.97 Å². The summed E-state index contributed by atoms with van der Waals surface area (Å²) in [5.74, 6) is -0.222. The summed E-state index contributed by atoms with van der Waals surface area (Å²) in [4.78, 5) is 11.3. The quantitative estimate of drug-likeness (QED) is 0.631. The number of aryl methyl sites for hydroxylation is 1. The highest BCUT2D eigenvalue weighted by atomic mass is 16.5. The minimum absolute atomic E-state index is 0.222. The lowest BCUT2D eigenvalue weighted by atomic mass is 10.1. The van der Waals surface area contributed by atoms with Crippen LogP contribution in [0.25, 0.3) is 6.08 Å². The number of esters is 1. The topological polar surface area (TPSA) is 26.3 Å². The molecule has 1 aromatic rings. The van der Waals surface area contributed by atoms with Crippen LogP contribution in [0.15, 0.2) is 23.8 Å². The number of hydrogen-bond acceptors (Lipinski definition) is 2. The Kier molecular flexibility index (Phi) is 2.12. The van der Waals surface area contributed by atoms with Gasteiger partial charge < -0.3 is 4.74 Å². The Balaban J connectivity index is 2.39. The van der Waals surface area contributed by atoms with Crippen LogP contribution in [0.2, 0.25) is 0 Å². The van der Waals surface area contributed by atoms with E-state index in [1.165, 1.54) is 23.8 Å². The van der Waals surface area contributed by atoms with E-state index < -0.39 is 0 Å². The first-order valence-electron chi connectivity index (χ1n) is 4.59. The smallest absolute Gasteiger partial charge is 0.334 e. The van der Waals surface area contributed by atoms with E-state index in [2.05, 4.69) is 19.1 Å². The van der Waals surface area contributed by atoms with Crippen molar-refractivity contribution in [1.82, 2.24) is 0 Å². The molecular weight excluding hydrogens is 176 g/mol. The number of methoxy groups -OCH3 is 1. The number of fused-ring (bicyclic) bond motifs is 1. The van der Waals surface area contributed by atoms with Crippen molar-refractivity contribution in [3.8, 4) is 0 Å². The fourth-order valence-electron chi connectivity index (χ4n) is 1.79. The first-order chi connectivity index (χ1) is 6.72. The summed E-state index contributed by atoms with van der Waals surface area (Å²) in [5, 5.41) is 0. The third kappa shape index (κ3) is 1.33. The van der Waals surface area contributed by atoms with Crippen molar-refractivity contribution in [1.29, 1.82) is 0 Å². The van der Waals surface area contributed by atoms with Gasteiger partial charge in [-0.25, -0.2) is 4.79 Å². The van der Waals surface area contributed by atoms with E-state index in [9.17, 15) is 4.79 Å². The molecule has 2 heteroatoms. The van der Waals surface area contributed by atoms with Crippen molar-refractivity contribution in [2.45, 2.75) is 13.3 Å². The van der Waals surface area contributed by atoms with Gasteiger partial charge in [0.1, 0.15) is 0 Å². The van der Waals surface area contributed by atoms with Gasteiger partial charge in [0.25, 0.3) is 0 Å². The predicted molar refractivity (Wildman–Crippen MR) is 54.9 cm³/mol. The summed E-state index contributed by atoms with van der Waals surface area (Å²) in [6, 6.07) is 6.12. The lowest BCUT2D eigenvalue weighted by Gasteiger charge is -2.00. The molecule has 0 aliphatic heterocycles. The van der Waals surface area contributed by atoms with Crippen molar-refractivity contribution in [2.24, 2.45) is 0 Å². The van der Waals surface area contributed by atoms with Crippen LogP contribution < -0.4 is 0 Å². The van der Waals surface area contributed by atoms with Crippen molar-refractivity contribution >= 4 is 12.0 Å². The maximum atomic E-state index is 11.3. The van der Waals surface area contributed by atoms with Crippen LogP contribution in [-0.2, 0) is 16.0 Å². The normalized spacial score (nSPS) is 13.4. The van der Waals surface area contributed by atoms with Crippen molar-refractivity contribution < 1.29 is 9.53 Å². The number of carbonyl (C=O) groups is 1. The van der Waals surface area contributed by atoms with Crippen LogP contribution >= 0.6 is 0 Å². The van der Waals surface area contributed by atoms with Crippen LogP contribution in [-0.4, -0.2) is 13.1 Å². The van der Waals surface area contributed by atoms with Gasteiger partial charge in [0.05, 0.1) is 7.11 Å². The number of hydrogen-bond donors (Lipinski definition) is 0. The lowest BCUT2D eigenvalue weighted by molar-refractivity contribution is -0.136. The van der Waals surface area contributed by atoms with E-state index in [0.29, 0.717) is 6.42 Å². The molecule has 0 unspecified atom stereocenters. The number of ether oxygens (including phenoxy) is 1. The van der Waals surface area contributed by atoms with Gasteiger partial charge in [-0.15, -0.1) is 0 Å². The highest BCUT2D eigenvalue weighted by Crippen LogP contribution is 2.27. The maximum absolute atomic E-state index is 11.3. The molecule has 0 bridgehead atoms. The van der Waals surface area contributed by atoms with Gasteiger partial charge in [-0.1, -0.05) is 18.2 Å². The molecule has 2 rings (SSSR count). The van der Waals surface area contributed by atoms with E-state index in [1.54, 1.807) is 0 Å². The third-order valence-electron chi connectivity index (χ3n) is 2.56. The monoisotopic (exact) mass is 188 g/mol. The van der Waals surface area contributed by atoms with Crippen molar-refractivity contribution in [2.75, 3.05) is 7.11 Å². The summed E-state index contributed by atoms with van der Waals surface area (Å²) in [7, 11) is 1.42. The van der Waals surface area contributed by atoms with Gasteiger partial charge in [0, 0.05) is 12.0 Å². The summed E-state index contributed by atoms with van der Waals surface area (Å²) in [6.07, 6.45) is 2.63. The predicted octanol–water partition coefficient (Wildman–Crippen LogP) is 2.11. The highest BCUT2D eigenvalue weighted by molar-refractivity contribution is 5.96. The van der Waals surface area contributed by atoms with E-state index >= 15 is 0 Å². The number of carbonyl (C=O) groups excluding carboxylic acids is 1. The molecule has 0 radical (unpaired) electrons. The molecule has 0 aromatic heterocycles. The second-order valence-electron chi connectivity index (χ2n) is 3.49. The zero-order chi connectivity index (χ0) is 10.1. The first-order valence-corrected chi connectivity index (χ1v) is 4.59. The number of rotatable bonds is 1. The van der Waals surface area contributed by atoms with Gasteiger partial charge in [0.15, 0.2) is 0 Å². The molecule has 14 heavy (non-hydrogen) atoms. The molecule has 0 atom stereocenters. The standard InChI is InChI=1S/C12H12O2/c1-8-4-3-5-9-6-10(7-11(8)9)12(13)14-2/h3-5,7H,6H2,1-2H3. The van der Waals surface area contributed by atoms with Crippen LogP contribution in [0.4, 0.5) is 0 Å².